The van der Waals surface area contributed by atoms with Crippen LogP contribution in [0.4, 0.5) is 5.69 Å². The van der Waals surface area contributed by atoms with Gasteiger partial charge in [-0.05, 0) is 0 Å². The predicted molar refractivity (Wildman–Crippen MR) is 51.0 cm³/mol. The van der Waals surface area contributed by atoms with Crippen LogP contribution >= 0.6 is 8.25 Å². The first kappa shape index (κ1) is 11.0. The van der Waals surface area contributed by atoms with Crippen LogP contribution in [0.2, 0.25) is 0 Å². The van der Waals surface area contributed by atoms with Gasteiger partial charge in [0.15, 0.2) is 0 Å². The van der Waals surface area contributed by atoms with Crippen molar-refractivity contribution in [3.63, 3.8) is 0 Å². The summed E-state index contributed by atoms with van der Waals surface area (Å²) in [5.74, 6) is -0.0383. The number of hydrogen-bond acceptors (Lipinski definition) is 1. The molecule has 0 saturated heterocycles. The van der Waals surface area contributed by atoms with Crippen molar-refractivity contribution < 1.29 is 28.1 Å². The molecule has 0 spiro atoms. The summed E-state index contributed by atoms with van der Waals surface area (Å²) in [6.07, 6.45) is 0. The van der Waals surface area contributed by atoms with Crippen molar-refractivity contribution in [2.45, 2.75) is 13.8 Å². The number of anilines is 1. The molecule has 0 aliphatic carbocycles. The van der Waals surface area contributed by atoms with Crippen LogP contribution in [0.25, 0.3) is 0 Å². The SMILES string of the molecule is CC(=O)Nc1ccc(C)c[c]1[Hg][Cl]. The molecule has 13 heavy (non-hydrogen) atoms. The van der Waals surface area contributed by atoms with Crippen molar-refractivity contribution in [1.82, 2.24) is 0 Å². The standard InChI is InChI=1S/C9H10NO.ClH.Hg/c1-7-3-5-9(6-4-7)10-8(2)11;;/h3-5H,1-2H3,(H,10,11);1H;/q;;+1/p-1. The van der Waals surface area contributed by atoms with Crippen LogP contribution in [0.5, 0.6) is 0 Å². The number of hydrogen-bond donors (Lipinski definition) is 1. The van der Waals surface area contributed by atoms with Gasteiger partial charge in [-0.2, -0.15) is 0 Å². The van der Waals surface area contributed by atoms with Crippen LogP contribution in [0, 0.1) is 6.92 Å². The number of nitrogens with one attached hydrogen (secondary N) is 1. The quantitative estimate of drug-likeness (QED) is 0.775. The van der Waals surface area contributed by atoms with Crippen LogP contribution in [-0.4, -0.2) is 5.91 Å². The number of aryl methyl sites for hydroxylation is 1. The van der Waals surface area contributed by atoms with Gasteiger partial charge in [0, 0.05) is 0 Å². The maximum atomic E-state index is 10.8. The molecule has 1 amide bonds. The Balaban J connectivity index is 2.99. The Kier molecular flexibility index (Phi) is 4.20. The first-order valence-electron chi connectivity index (χ1n) is 4.06. The molecular weight excluding hydrogens is 374 g/mol. The van der Waals surface area contributed by atoms with Gasteiger partial charge in [0.25, 0.3) is 0 Å². The third kappa shape index (κ3) is 3.27. The number of carbonyl (C=O) groups is 1. The molecule has 0 fully saturated rings. The van der Waals surface area contributed by atoms with Gasteiger partial charge in [-0.25, -0.2) is 0 Å². The van der Waals surface area contributed by atoms with Gasteiger partial charge in [-0.15, -0.1) is 0 Å². The molecule has 0 saturated carbocycles. The second kappa shape index (κ2) is 4.96. The minimum atomic E-state index is -1.44. The van der Waals surface area contributed by atoms with Crippen LogP contribution in [-0.2, 0) is 28.1 Å². The summed E-state index contributed by atoms with van der Waals surface area (Å²) >= 11 is -1.44. The molecule has 4 heteroatoms. The average Bonchev–Trinajstić information content (AvgIpc) is 2.07. The monoisotopic (exact) mass is 385 g/mol. The molecular formula is C9H10ClHgNO. The van der Waals surface area contributed by atoms with Crippen molar-refractivity contribution in [3.8, 4) is 0 Å². The first-order valence-corrected chi connectivity index (χ1v) is 13.6. The minimum absolute atomic E-state index is 0.0383. The summed E-state index contributed by atoms with van der Waals surface area (Å²) in [5, 5.41) is 2.78. The zero-order chi connectivity index (χ0) is 9.84. The van der Waals surface area contributed by atoms with Crippen molar-refractivity contribution in [2.24, 2.45) is 0 Å². The molecule has 0 radical (unpaired) electrons. The summed E-state index contributed by atoms with van der Waals surface area (Å²) in [6, 6.07) is 5.98. The molecule has 1 aromatic rings. The molecule has 66 valence electrons. The summed E-state index contributed by atoms with van der Waals surface area (Å²) in [5.41, 5.74) is 2.10. The Bertz CT molecular complexity index is 327. The van der Waals surface area contributed by atoms with E-state index in [1.807, 2.05) is 19.1 Å². The third-order valence-electron chi connectivity index (χ3n) is 1.72. The molecule has 0 atom stereocenters. The van der Waals surface area contributed by atoms with E-state index >= 15 is 0 Å². The fourth-order valence-electron chi connectivity index (χ4n) is 1.14. The zero-order valence-corrected chi connectivity index (χ0v) is 14.0. The predicted octanol–water partition coefficient (Wildman–Crippen LogP) is 1.82. The molecule has 0 aromatic heterocycles. The number of carbonyl (C=O) groups excluding carboxylic acids is 1. The summed E-state index contributed by atoms with van der Waals surface area (Å²) in [6.45, 7) is 3.54. The van der Waals surface area contributed by atoms with E-state index in [4.69, 9.17) is 8.25 Å². The van der Waals surface area contributed by atoms with E-state index in [9.17, 15) is 4.79 Å². The number of amides is 1. The fourth-order valence-corrected chi connectivity index (χ4v) is 6.00. The molecule has 0 bridgehead atoms. The van der Waals surface area contributed by atoms with Crippen LogP contribution in [0.3, 0.4) is 0 Å². The Morgan fingerprint density at radius 3 is 2.77 bits per heavy atom. The normalized spacial score (nSPS) is 9.15. The van der Waals surface area contributed by atoms with Gasteiger partial charge in [-0.3, -0.25) is 0 Å². The second-order valence-electron chi connectivity index (χ2n) is 2.98. The fraction of sp³-hybridized carbons (Fsp3) is 0.222. The summed E-state index contributed by atoms with van der Waals surface area (Å²) < 4.78 is 1.18. The van der Waals surface area contributed by atoms with E-state index in [2.05, 4.69) is 11.4 Å². The Morgan fingerprint density at radius 1 is 1.54 bits per heavy atom. The van der Waals surface area contributed by atoms with Gasteiger partial charge in [-0.1, -0.05) is 0 Å². The number of rotatable bonds is 2. The van der Waals surface area contributed by atoms with Crippen molar-refractivity contribution in [1.29, 1.82) is 0 Å². The van der Waals surface area contributed by atoms with Crippen molar-refractivity contribution in [2.75, 3.05) is 5.32 Å². The van der Waals surface area contributed by atoms with Crippen LogP contribution < -0.4 is 8.39 Å². The molecule has 0 aliphatic rings. The maximum absolute atomic E-state index is 10.8. The van der Waals surface area contributed by atoms with E-state index in [0.717, 1.165) is 5.69 Å². The molecule has 1 rings (SSSR count). The number of halogens is 1. The topological polar surface area (TPSA) is 29.1 Å². The molecule has 0 aliphatic heterocycles. The zero-order valence-electron chi connectivity index (χ0n) is 7.73. The molecule has 2 nitrogen and oxygen atoms in total. The summed E-state index contributed by atoms with van der Waals surface area (Å²) in [7, 11) is 5.96. The van der Waals surface area contributed by atoms with Crippen LogP contribution in [0.15, 0.2) is 18.2 Å². The van der Waals surface area contributed by atoms with Crippen molar-refractivity contribution in [3.05, 3.63) is 23.8 Å². The van der Waals surface area contributed by atoms with Gasteiger partial charge in [0.05, 0.1) is 0 Å². The van der Waals surface area contributed by atoms with E-state index in [-0.39, 0.29) is 5.91 Å². The van der Waals surface area contributed by atoms with Gasteiger partial charge < -0.3 is 0 Å². The van der Waals surface area contributed by atoms with Gasteiger partial charge in [0.1, 0.15) is 0 Å². The van der Waals surface area contributed by atoms with E-state index in [0.29, 0.717) is 0 Å². The van der Waals surface area contributed by atoms with E-state index in [1.54, 1.807) is 0 Å². The van der Waals surface area contributed by atoms with E-state index in [1.165, 1.54) is 15.6 Å². The van der Waals surface area contributed by atoms with Crippen molar-refractivity contribution >= 4 is 22.9 Å². The Labute approximate surface area is 93.5 Å². The number of benzene rings is 1. The second-order valence-corrected chi connectivity index (χ2v) is 9.32. The molecule has 1 aromatic carbocycles. The molecule has 0 unspecified atom stereocenters. The van der Waals surface area contributed by atoms with Gasteiger partial charge in [0.2, 0.25) is 0 Å². The third-order valence-corrected chi connectivity index (χ3v) is 7.64. The first-order chi connectivity index (χ1) is 6.13. The summed E-state index contributed by atoms with van der Waals surface area (Å²) in [4.78, 5) is 10.8. The van der Waals surface area contributed by atoms with Crippen LogP contribution in [0.1, 0.15) is 12.5 Å². The molecule has 1 N–H and O–H groups in total. The Morgan fingerprint density at radius 2 is 2.23 bits per heavy atom. The van der Waals surface area contributed by atoms with Gasteiger partial charge >= 0.3 is 94.0 Å². The molecule has 0 heterocycles. The average molecular weight is 384 g/mol. The Hall–Kier alpha value is -0.0849. The van der Waals surface area contributed by atoms with E-state index < -0.39 is 23.3 Å².